The molecule has 2 aliphatic rings. The highest BCUT2D eigenvalue weighted by Gasteiger charge is 2.63. The number of amides is 1. The Bertz CT molecular complexity index is 820. The van der Waals surface area contributed by atoms with Gasteiger partial charge in [-0.1, -0.05) is 13.8 Å². The summed E-state index contributed by atoms with van der Waals surface area (Å²) >= 11 is 0. The molecule has 6 nitrogen and oxygen atoms in total. The summed E-state index contributed by atoms with van der Waals surface area (Å²) in [6, 6.07) is 1.46. The summed E-state index contributed by atoms with van der Waals surface area (Å²) in [5.41, 5.74) is 0.862. The third kappa shape index (κ3) is 2.90. The summed E-state index contributed by atoms with van der Waals surface area (Å²) in [5.74, 6) is 0.00902. The number of nitrogens with one attached hydrogen (secondary N) is 1. The fraction of sp³-hybridized carbons (Fsp3) is 0.650. The molecule has 1 N–H and O–H groups in total. The van der Waals surface area contributed by atoms with Gasteiger partial charge in [-0.15, -0.1) is 0 Å². The highest BCUT2D eigenvalue weighted by Crippen LogP contribution is 2.62. The van der Waals surface area contributed by atoms with Crippen LogP contribution in [0.5, 0.6) is 0 Å². The molecule has 1 aromatic heterocycles. The highest BCUT2D eigenvalue weighted by atomic mass is 16.2. The number of carbonyl (C=O) groups excluding carboxylic acids is 2. The Labute approximate surface area is 154 Å². The molecule has 1 aromatic rings. The minimum Gasteiger partial charge on any atom is -0.338 e. The fourth-order valence-corrected chi connectivity index (χ4v) is 5.44. The lowest BCUT2D eigenvalue weighted by Gasteiger charge is -2.57. The van der Waals surface area contributed by atoms with Crippen molar-refractivity contribution in [3.05, 3.63) is 33.2 Å². The van der Waals surface area contributed by atoms with Crippen molar-refractivity contribution in [1.82, 2.24) is 14.8 Å². The van der Waals surface area contributed by atoms with Crippen molar-refractivity contribution in [2.75, 3.05) is 33.7 Å². The first-order chi connectivity index (χ1) is 12.0. The maximum Gasteiger partial charge on any atom is 0.261 e. The number of pyridine rings is 1. The summed E-state index contributed by atoms with van der Waals surface area (Å²) in [4.78, 5) is 43.9. The number of nitrogens with zero attached hydrogens (tertiary/aromatic N) is 2. The number of hydrogen-bond donors (Lipinski definition) is 1. The number of carbonyl (C=O) groups is 2. The minimum absolute atomic E-state index is 0.0694. The average molecular weight is 359 g/mol. The summed E-state index contributed by atoms with van der Waals surface area (Å²) < 4.78 is 0. The Morgan fingerprint density at radius 3 is 2.50 bits per heavy atom. The first-order valence-electron chi connectivity index (χ1n) is 9.16. The van der Waals surface area contributed by atoms with Crippen LogP contribution in [0.2, 0.25) is 0 Å². The molecule has 0 unspecified atom stereocenters. The van der Waals surface area contributed by atoms with Crippen LogP contribution in [-0.2, 0) is 0 Å². The molecular formula is C20H29N3O3. The largest absolute Gasteiger partial charge is 0.338 e. The lowest BCUT2D eigenvalue weighted by atomic mass is 9.48. The Morgan fingerprint density at radius 2 is 1.96 bits per heavy atom. The van der Waals surface area contributed by atoms with Gasteiger partial charge in [-0.05, 0) is 51.8 Å². The number of hydrogen-bond acceptors (Lipinski definition) is 4. The van der Waals surface area contributed by atoms with Crippen molar-refractivity contribution >= 4 is 11.7 Å². The van der Waals surface area contributed by atoms with E-state index in [4.69, 9.17) is 0 Å². The number of aryl methyl sites for hydroxylation is 1. The predicted octanol–water partition coefficient (Wildman–Crippen LogP) is 1.94. The van der Waals surface area contributed by atoms with E-state index in [0.29, 0.717) is 30.3 Å². The molecule has 2 fully saturated rings. The SMILES string of the molecule is CC(=O)c1cc(C(=O)N2C[C@@H]3C(C)(C)C[C@]3(CN(C)C)C2)c(=O)[nH]c1C. The molecule has 0 radical (unpaired) electrons. The van der Waals surface area contributed by atoms with Gasteiger partial charge in [-0.3, -0.25) is 14.4 Å². The van der Waals surface area contributed by atoms with Gasteiger partial charge in [0.15, 0.2) is 5.78 Å². The maximum absolute atomic E-state index is 13.1. The Morgan fingerprint density at radius 1 is 1.31 bits per heavy atom. The van der Waals surface area contributed by atoms with E-state index in [1.54, 1.807) is 6.92 Å². The lowest BCUT2D eigenvalue weighted by Crippen LogP contribution is -2.57. The molecule has 26 heavy (non-hydrogen) atoms. The van der Waals surface area contributed by atoms with Crippen molar-refractivity contribution in [3.8, 4) is 0 Å². The molecule has 0 spiro atoms. The topological polar surface area (TPSA) is 73.5 Å². The number of H-pyrrole nitrogens is 1. The quantitative estimate of drug-likeness (QED) is 0.834. The van der Waals surface area contributed by atoms with E-state index in [1.165, 1.54) is 13.0 Å². The van der Waals surface area contributed by atoms with Crippen molar-refractivity contribution in [2.24, 2.45) is 16.7 Å². The Kier molecular flexibility index (Phi) is 4.38. The van der Waals surface area contributed by atoms with Gasteiger partial charge < -0.3 is 14.8 Å². The van der Waals surface area contributed by atoms with Gasteiger partial charge in [-0.2, -0.15) is 0 Å². The first-order valence-corrected chi connectivity index (χ1v) is 9.16. The number of ketones is 1. The molecule has 1 saturated carbocycles. The van der Waals surface area contributed by atoms with E-state index in [2.05, 4.69) is 37.8 Å². The Hall–Kier alpha value is -1.95. The second-order valence-corrected chi connectivity index (χ2v) is 9.11. The van der Waals surface area contributed by atoms with Crippen LogP contribution >= 0.6 is 0 Å². The maximum atomic E-state index is 13.1. The summed E-state index contributed by atoms with van der Waals surface area (Å²) in [6.07, 6.45) is 1.08. The van der Waals surface area contributed by atoms with Gasteiger partial charge in [0.25, 0.3) is 11.5 Å². The van der Waals surface area contributed by atoms with E-state index >= 15 is 0 Å². The van der Waals surface area contributed by atoms with Crippen LogP contribution in [0, 0.1) is 23.7 Å². The minimum atomic E-state index is -0.419. The molecule has 3 rings (SSSR count). The van der Waals surface area contributed by atoms with Crippen molar-refractivity contribution < 1.29 is 9.59 Å². The van der Waals surface area contributed by atoms with E-state index in [9.17, 15) is 14.4 Å². The first kappa shape index (κ1) is 18.8. The van der Waals surface area contributed by atoms with Crippen LogP contribution in [0.1, 0.15) is 53.6 Å². The number of aromatic nitrogens is 1. The number of rotatable bonds is 4. The van der Waals surface area contributed by atoms with Crippen LogP contribution in [0.4, 0.5) is 0 Å². The summed E-state index contributed by atoms with van der Waals surface area (Å²) in [5, 5.41) is 0. The number of Topliss-reactive ketones (excluding diaryl/α,β-unsaturated/α-hetero) is 1. The predicted molar refractivity (Wildman–Crippen MR) is 101 cm³/mol. The average Bonchev–Trinajstić information content (AvgIpc) is 2.80. The molecule has 2 atom stereocenters. The zero-order chi connectivity index (χ0) is 19.4. The second-order valence-electron chi connectivity index (χ2n) is 9.11. The van der Waals surface area contributed by atoms with Gasteiger partial charge in [0.2, 0.25) is 0 Å². The van der Waals surface area contributed by atoms with E-state index in [0.717, 1.165) is 13.0 Å². The molecule has 1 aliphatic carbocycles. The van der Waals surface area contributed by atoms with E-state index in [-0.39, 0.29) is 28.1 Å². The number of likely N-dealkylation sites (tertiary alicyclic amines) is 1. The molecule has 0 aromatic carbocycles. The molecule has 0 bridgehead atoms. The molecule has 6 heteroatoms. The normalized spacial score (nSPS) is 26.6. The standard InChI is InChI=1S/C20H29N3O3/c1-12-14(13(2)24)7-15(17(25)21-12)18(26)23-8-16-19(3,4)9-20(16,11-23)10-22(5)6/h7,16H,8-11H2,1-6H3,(H,21,25)/t16-,20+/m1/s1. The van der Waals surface area contributed by atoms with Gasteiger partial charge in [0, 0.05) is 36.3 Å². The molecule has 142 valence electrons. The van der Waals surface area contributed by atoms with Crippen LogP contribution in [-0.4, -0.2) is 60.2 Å². The summed E-state index contributed by atoms with van der Waals surface area (Å²) in [6.45, 7) is 9.91. The van der Waals surface area contributed by atoms with E-state index < -0.39 is 5.56 Å². The smallest absolute Gasteiger partial charge is 0.261 e. The number of fused-ring (bicyclic) bond motifs is 1. The van der Waals surface area contributed by atoms with Gasteiger partial charge in [-0.25, -0.2) is 0 Å². The monoisotopic (exact) mass is 359 g/mol. The highest BCUT2D eigenvalue weighted by molar-refractivity contribution is 6.00. The molecule has 2 heterocycles. The third-order valence-corrected chi connectivity index (χ3v) is 6.17. The van der Waals surface area contributed by atoms with Gasteiger partial charge in [0.1, 0.15) is 5.56 Å². The molecular weight excluding hydrogens is 330 g/mol. The van der Waals surface area contributed by atoms with Crippen molar-refractivity contribution in [3.63, 3.8) is 0 Å². The van der Waals surface area contributed by atoms with Crippen LogP contribution in [0.3, 0.4) is 0 Å². The van der Waals surface area contributed by atoms with Crippen LogP contribution in [0.25, 0.3) is 0 Å². The van der Waals surface area contributed by atoms with Gasteiger partial charge in [0.05, 0.1) is 0 Å². The molecule has 1 saturated heterocycles. The number of aromatic amines is 1. The second kappa shape index (κ2) is 6.05. The Balaban J connectivity index is 1.92. The van der Waals surface area contributed by atoms with Crippen LogP contribution < -0.4 is 5.56 Å². The van der Waals surface area contributed by atoms with Gasteiger partial charge >= 0.3 is 0 Å². The van der Waals surface area contributed by atoms with E-state index in [1.807, 2.05) is 4.90 Å². The third-order valence-electron chi connectivity index (χ3n) is 6.17. The molecule has 1 aliphatic heterocycles. The molecule has 1 amide bonds. The van der Waals surface area contributed by atoms with Crippen LogP contribution in [0.15, 0.2) is 10.9 Å². The fourth-order valence-electron chi connectivity index (χ4n) is 5.44. The lowest BCUT2D eigenvalue weighted by molar-refractivity contribution is -0.0789. The van der Waals surface area contributed by atoms with Crippen molar-refractivity contribution in [1.29, 1.82) is 0 Å². The zero-order valence-electron chi connectivity index (χ0n) is 16.6. The van der Waals surface area contributed by atoms with Crippen molar-refractivity contribution in [2.45, 2.75) is 34.1 Å². The zero-order valence-corrected chi connectivity index (χ0v) is 16.6. The summed E-state index contributed by atoms with van der Waals surface area (Å²) in [7, 11) is 4.12.